The molecule has 1 aromatic carbocycles. The van der Waals surface area contributed by atoms with E-state index in [1.165, 1.54) is 0 Å². The summed E-state index contributed by atoms with van der Waals surface area (Å²) in [6, 6.07) is 7.84. The number of nitrogens with one attached hydrogen (secondary N) is 1. The first-order valence-electron chi connectivity index (χ1n) is 6.43. The summed E-state index contributed by atoms with van der Waals surface area (Å²) in [7, 11) is 1.66. The Bertz CT molecular complexity index is 504. The van der Waals surface area contributed by atoms with Crippen LogP contribution in [0.4, 0.5) is 5.69 Å². The van der Waals surface area contributed by atoms with Crippen LogP contribution in [-0.4, -0.2) is 21.9 Å². The molecule has 1 N–H and O–H groups in total. The minimum absolute atomic E-state index is 0.557. The minimum Gasteiger partial charge on any atom is -0.497 e. The van der Waals surface area contributed by atoms with Crippen LogP contribution in [0.15, 0.2) is 30.6 Å². The summed E-state index contributed by atoms with van der Waals surface area (Å²) >= 11 is 0. The molecule has 0 unspecified atom stereocenters. The monoisotopic (exact) mass is 260 g/mol. The summed E-state index contributed by atoms with van der Waals surface area (Å²) in [4.78, 5) is 4.28. The smallest absolute Gasteiger partial charge is 0.146 e. The third kappa shape index (κ3) is 3.71. The van der Waals surface area contributed by atoms with Crippen molar-refractivity contribution >= 4 is 5.69 Å². The van der Waals surface area contributed by atoms with Crippen LogP contribution >= 0.6 is 0 Å². The molecule has 5 nitrogen and oxygen atoms in total. The van der Waals surface area contributed by atoms with Crippen molar-refractivity contribution in [3.8, 4) is 5.75 Å². The number of benzene rings is 1. The summed E-state index contributed by atoms with van der Waals surface area (Å²) in [5.74, 6) is 2.36. The van der Waals surface area contributed by atoms with Gasteiger partial charge in [0.25, 0.3) is 0 Å². The zero-order valence-electron chi connectivity index (χ0n) is 11.6. The van der Waals surface area contributed by atoms with E-state index in [1.807, 2.05) is 28.9 Å². The molecule has 0 spiro atoms. The Morgan fingerprint density at radius 1 is 1.26 bits per heavy atom. The van der Waals surface area contributed by atoms with Gasteiger partial charge in [-0.3, -0.25) is 0 Å². The van der Waals surface area contributed by atoms with Gasteiger partial charge in [-0.15, -0.1) is 0 Å². The molecule has 0 aliphatic heterocycles. The Hall–Kier alpha value is -2.04. The van der Waals surface area contributed by atoms with Crippen molar-refractivity contribution in [2.45, 2.75) is 26.9 Å². The van der Waals surface area contributed by atoms with Gasteiger partial charge in [0.05, 0.1) is 13.7 Å². The van der Waals surface area contributed by atoms with Crippen molar-refractivity contribution in [2.75, 3.05) is 12.4 Å². The van der Waals surface area contributed by atoms with Gasteiger partial charge in [0.2, 0.25) is 0 Å². The Labute approximate surface area is 113 Å². The van der Waals surface area contributed by atoms with Crippen molar-refractivity contribution in [2.24, 2.45) is 5.92 Å². The second kappa shape index (κ2) is 6.22. The zero-order valence-corrected chi connectivity index (χ0v) is 11.6. The number of ether oxygens (including phenoxy) is 1. The van der Waals surface area contributed by atoms with Crippen LogP contribution in [0.25, 0.3) is 0 Å². The summed E-state index contributed by atoms with van der Waals surface area (Å²) < 4.78 is 7.07. The third-order valence-electron chi connectivity index (χ3n) is 2.77. The van der Waals surface area contributed by atoms with Crippen LogP contribution in [0.1, 0.15) is 19.7 Å². The van der Waals surface area contributed by atoms with E-state index >= 15 is 0 Å². The van der Waals surface area contributed by atoms with E-state index in [9.17, 15) is 0 Å². The van der Waals surface area contributed by atoms with Gasteiger partial charge in [-0.05, 0) is 30.2 Å². The number of methoxy groups -OCH3 is 1. The Morgan fingerprint density at radius 3 is 2.63 bits per heavy atom. The van der Waals surface area contributed by atoms with E-state index in [1.54, 1.807) is 13.4 Å². The molecule has 19 heavy (non-hydrogen) atoms. The van der Waals surface area contributed by atoms with Crippen molar-refractivity contribution in [3.05, 3.63) is 36.4 Å². The average Bonchev–Trinajstić information content (AvgIpc) is 2.83. The molecule has 0 saturated carbocycles. The molecule has 5 heteroatoms. The highest BCUT2D eigenvalue weighted by Crippen LogP contribution is 2.15. The largest absolute Gasteiger partial charge is 0.497 e. The Balaban J connectivity index is 1.96. The first-order chi connectivity index (χ1) is 9.19. The Morgan fingerprint density at radius 2 is 2.00 bits per heavy atom. The molecule has 2 aromatic rings. The summed E-state index contributed by atoms with van der Waals surface area (Å²) in [5, 5.41) is 7.57. The molecule has 102 valence electrons. The number of anilines is 1. The molecule has 1 aromatic heterocycles. The second-order valence-corrected chi connectivity index (χ2v) is 4.83. The molecule has 0 aliphatic rings. The molecule has 0 saturated heterocycles. The first-order valence-corrected chi connectivity index (χ1v) is 6.43. The highest BCUT2D eigenvalue weighted by molar-refractivity contribution is 5.46. The predicted molar refractivity (Wildman–Crippen MR) is 75.2 cm³/mol. The topological polar surface area (TPSA) is 52.0 Å². The number of nitrogens with zero attached hydrogens (tertiary/aromatic N) is 3. The van der Waals surface area contributed by atoms with Gasteiger partial charge < -0.3 is 10.1 Å². The van der Waals surface area contributed by atoms with Crippen LogP contribution in [0.5, 0.6) is 5.75 Å². The number of hydrogen-bond acceptors (Lipinski definition) is 4. The van der Waals surface area contributed by atoms with E-state index in [2.05, 4.69) is 29.2 Å². The van der Waals surface area contributed by atoms with Crippen molar-refractivity contribution in [3.63, 3.8) is 0 Å². The number of rotatable bonds is 6. The van der Waals surface area contributed by atoms with Crippen LogP contribution in [-0.2, 0) is 13.1 Å². The molecular formula is C14H20N4O. The van der Waals surface area contributed by atoms with Crippen LogP contribution in [0, 0.1) is 5.92 Å². The maximum absolute atomic E-state index is 5.13. The second-order valence-electron chi connectivity index (χ2n) is 4.83. The fourth-order valence-corrected chi connectivity index (χ4v) is 1.81. The van der Waals surface area contributed by atoms with Gasteiger partial charge in [0.15, 0.2) is 0 Å². The molecule has 0 amide bonds. The van der Waals surface area contributed by atoms with Crippen molar-refractivity contribution < 1.29 is 4.74 Å². The lowest BCUT2D eigenvalue weighted by atomic mass is 10.2. The van der Waals surface area contributed by atoms with E-state index < -0.39 is 0 Å². The van der Waals surface area contributed by atoms with Crippen LogP contribution < -0.4 is 10.1 Å². The van der Waals surface area contributed by atoms with Gasteiger partial charge in [-0.2, -0.15) is 5.10 Å². The molecule has 0 fully saturated rings. The molecule has 0 atom stereocenters. The van der Waals surface area contributed by atoms with Crippen molar-refractivity contribution in [1.82, 2.24) is 14.8 Å². The lowest BCUT2D eigenvalue weighted by Crippen LogP contribution is -2.13. The molecule has 2 rings (SSSR count). The first kappa shape index (κ1) is 13.4. The van der Waals surface area contributed by atoms with Gasteiger partial charge in [0, 0.05) is 12.2 Å². The molecular weight excluding hydrogens is 240 g/mol. The fourth-order valence-electron chi connectivity index (χ4n) is 1.81. The highest BCUT2D eigenvalue weighted by atomic mass is 16.5. The fraction of sp³-hybridized carbons (Fsp3) is 0.429. The molecule has 0 bridgehead atoms. The SMILES string of the molecule is COc1ccc(NCc2ncnn2CC(C)C)cc1. The van der Waals surface area contributed by atoms with Gasteiger partial charge in [-0.1, -0.05) is 13.8 Å². The van der Waals surface area contributed by atoms with E-state index in [0.29, 0.717) is 12.5 Å². The highest BCUT2D eigenvalue weighted by Gasteiger charge is 2.05. The van der Waals surface area contributed by atoms with E-state index in [-0.39, 0.29) is 0 Å². The zero-order chi connectivity index (χ0) is 13.7. The van der Waals surface area contributed by atoms with Crippen LogP contribution in [0.2, 0.25) is 0 Å². The van der Waals surface area contributed by atoms with E-state index in [4.69, 9.17) is 4.74 Å². The summed E-state index contributed by atoms with van der Waals surface area (Å²) in [6.45, 7) is 5.89. The van der Waals surface area contributed by atoms with Gasteiger partial charge in [-0.25, -0.2) is 9.67 Å². The number of hydrogen-bond donors (Lipinski definition) is 1. The molecule has 0 aliphatic carbocycles. The normalized spacial score (nSPS) is 10.7. The predicted octanol–water partition coefficient (Wildman–Crippen LogP) is 2.55. The summed E-state index contributed by atoms with van der Waals surface area (Å²) in [5.41, 5.74) is 1.04. The lowest BCUT2D eigenvalue weighted by Gasteiger charge is -2.10. The van der Waals surface area contributed by atoms with Gasteiger partial charge >= 0.3 is 0 Å². The quantitative estimate of drug-likeness (QED) is 0.867. The lowest BCUT2D eigenvalue weighted by molar-refractivity contribution is 0.415. The third-order valence-corrected chi connectivity index (χ3v) is 2.77. The van der Waals surface area contributed by atoms with E-state index in [0.717, 1.165) is 23.8 Å². The average molecular weight is 260 g/mol. The molecule has 0 radical (unpaired) electrons. The Kier molecular flexibility index (Phi) is 4.39. The van der Waals surface area contributed by atoms with Crippen molar-refractivity contribution in [1.29, 1.82) is 0 Å². The number of aromatic nitrogens is 3. The maximum Gasteiger partial charge on any atom is 0.146 e. The minimum atomic E-state index is 0.557. The standard InChI is InChI=1S/C14H20N4O/c1-11(2)9-18-14(16-10-17-18)8-15-12-4-6-13(19-3)7-5-12/h4-7,10-11,15H,8-9H2,1-3H3. The molecule has 1 heterocycles. The summed E-state index contributed by atoms with van der Waals surface area (Å²) in [6.07, 6.45) is 1.60. The van der Waals surface area contributed by atoms with Crippen LogP contribution in [0.3, 0.4) is 0 Å². The van der Waals surface area contributed by atoms with Gasteiger partial charge in [0.1, 0.15) is 17.9 Å². The maximum atomic E-state index is 5.13.